The maximum Gasteiger partial charge on any atom is 0.358 e. The van der Waals surface area contributed by atoms with Crippen LogP contribution in [0.4, 0.5) is 0 Å². The Kier molecular flexibility index (Phi) is 15.3. The minimum absolute atomic E-state index is 0. The van der Waals surface area contributed by atoms with Gasteiger partial charge in [0.05, 0.1) is 6.54 Å². The number of carboxylic acid groups (broad SMARTS) is 1. The van der Waals surface area contributed by atoms with E-state index in [-0.39, 0.29) is 54.7 Å². The van der Waals surface area contributed by atoms with Crippen LogP contribution in [0, 0.1) is 0 Å². The van der Waals surface area contributed by atoms with Crippen molar-refractivity contribution >= 4 is 59.2 Å². The lowest BCUT2D eigenvalue weighted by Gasteiger charge is -2.06. The molecule has 0 aliphatic heterocycles. The first-order valence-electron chi connectivity index (χ1n) is 12.2. The average molecular weight is 665 g/mol. The number of carbonyl (C=O) groups is 4. The zero-order valence-electron chi connectivity index (χ0n) is 22.8. The lowest BCUT2D eigenvalue weighted by atomic mass is 10.1. The van der Waals surface area contributed by atoms with Gasteiger partial charge in [0.25, 0.3) is 0 Å². The van der Waals surface area contributed by atoms with Crippen molar-refractivity contribution in [3.8, 4) is 33.8 Å². The fraction of sp³-hybridized carbons (Fsp3) is 0.103. The highest BCUT2D eigenvalue weighted by molar-refractivity contribution is 6.31. The molecule has 2 heterocycles. The molecule has 2 amide bonds. The zero-order chi connectivity index (χ0) is 32.1. The Morgan fingerprint density at radius 2 is 1.11 bits per heavy atom. The van der Waals surface area contributed by atoms with E-state index in [9.17, 15) is 29.4 Å². The van der Waals surface area contributed by atoms with Gasteiger partial charge in [-0.1, -0.05) is 47.5 Å². The largest absolute Gasteiger partial charge is 0.506 e. The SMILES string of the molecule is Cl.NC(=O)CCC(=O)c1ncc(-c2cccc(Cl)c2)cc1O.NCC(N)=O.O=C(O)c1ncc(-c2cccc(Cl)c2)cc1O. The first kappa shape index (κ1) is 37.3. The quantitative estimate of drug-likeness (QED) is 0.147. The highest BCUT2D eigenvalue weighted by atomic mass is 35.5. The number of aromatic carboxylic acids is 1. The number of primary amides is 2. The van der Waals surface area contributed by atoms with Crippen LogP contribution in [0.2, 0.25) is 10.0 Å². The molecule has 44 heavy (non-hydrogen) atoms. The number of carbonyl (C=O) groups excluding carboxylic acids is 3. The van der Waals surface area contributed by atoms with E-state index in [0.717, 1.165) is 11.1 Å². The molecule has 4 aromatic rings. The summed E-state index contributed by atoms with van der Waals surface area (Å²) in [7, 11) is 0. The van der Waals surface area contributed by atoms with Crippen LogP contribution in [-0.2, 0) is 9.59 Å². The van der Waals surface area contributed by atoms with Gasteiger partial charge >= 0.3 is 5.97 Å². The van der Waals surface area contributed by atoms with Crippen molar-refractivity contribution in [3.63, 3.8) is 0 Å². The van der Waals surface area contributed by atoms with E-state index in [2.05, 4.69) is 15.7 Å². The van der Waals surface area contributed by atoms with Gasteiger partial charge in [-0.15, -0.1) is 12.4 Å². The summed E-state index contributed by atoms with van der Waals surface area (Å²) in [4.78, 5) is 50.3. The smallest absolute Gasteiger partial charge is 0.358 e. The van der Waals surface area contributed by atoms with Crippen molar-refractivity contribution in [2.45, 2.75) is 12.8 Å². The van der Waals surface area contributed by atoms with Crippen LogP contribution in [0.5, 0.6) is 11.5 Å². The standard InChI is InChI=1S/C15H13ClN2O3.C12H8ClNO3.C2H6N2O.ClH/c16-11-3-1-2-9(6-11)10-7-13(20)15(18-8-10)12(19)4-5-14(17)21;13-9-3-1-2-7(4-9)8-5-10(15)11(12(16)17)14-6-8;3-1-2(4)5;/h1-3,6-8,20H,4-5H2,(H2,17,21);1-6,15H,(H,16,17);1,3H2,(H2,4,5);1H. The number of amides is 2. The Bertz CT molecular complexity index is 1640. The normalized spacial score (nSPS) is 9.70. The zero-order valence-corrected chi connectivity index (χ0v) is 25.1. The second kappa shape index (κ2) is 18.0. The molecule has 12 nitrogen and oxygen atoms in total. The van der Waals surface area contributed by atoms with Gasteiger partial charge < -0.3 is 32.5 Å². The topological polar surface area (TPSA) is 233 Å². The second-order valence-corrected chi connectivity index (χ2v) is 9.44. The summed E-state index contributed by atoms with van der Waals surface area (Å²) in [5.74, 6) is -3.33. The lowest BCUT2D eigenvalue weighted by molar-refractivity contribution is -0.118. The Morgan fingerprint density at radius 1 is 0.682 bits per heavy atom. The van der Waals surface area contributed by atoms with Gasteiger partial charge in [0.2, 0.25) is 11.8 Å². The van der Waals surface area contributed by atoms with Crippen molar-refractivity contribution in [2.75, 3.05) is 6.54 Å². The van der Waals surface area contributed by atoms with Crippen LogP contribution in [0.25, 0.3) is 22.3 Å². The van der Waals surface area contributed by atoms with E-state index < -0.39 is 23.6 Å². The molecular weight excluding hydrogens is 637 g/mol. The summed E-state index contributed by atoms with van der Waals surface area (Å²) < 4.78 is 0. The van der Waals surface area contributed by atoms with Crippen molar-refractivity contribution in [2.24, 2.45) is 17.2 Å². The molecule has 0 aliphatic rings. The molecule has 0 saturated carbocycles. The summed E-state index contributed by atoms with van der Waals surface area (Å²) in [6.07, 6.45) is 2.71. The van der Waals surface area contributed by atoms with Crippen molar-refractivity contribution < 1.29 is 34.5 Å². The van der Waals surface area contributed by atoms with Gasteiger partial charge in [-0.05, 0) is 47.5 Å². The van der Waals surface area contributed by atoms with Gasteiger partial charge in [0.15, 0.2) is 11.5 Å². The number of nitrogens with zero attached hydrogens (tertiary/aromatic N) is 2. The Hall–Kier alpha value is -4.75. The van der Waals surface area contributed by atoms with Crippen molar-refractivity contribution in [1.82, 2.24) is 9.97 Å². The average Bonchev–Trinajstić information content (AvgIpc) is 2.96. The molecule has 9 N–H and O–H groups in total. The number of hydrogen-bond donors (Lipinski definition) is 6. The second-order valence-electron chi connectivity index (χ2n) is 8.57. The third-order valence-corrected chi connectivity index (χ3v) is 5.79. The Balaban J connectivity index is 0.000000380. The van der Waals surface area contributed by atoms with Crippen LogP contribution in [-0.4, -0.2) is 55.4 Å². The number of aromatic hydroxyl groups is 2. The first-order valence-corrected chi connectivity index (χ1v) is 13.0. The molecule has 4 rings (SSSR count). The number of hydrogen-bond acceptors (Lipinski definition) is 9. The lowest BCUT2D eigenvalue weighted by Crippen LogP contribution is -2.21. The van der Waals surface area contributed by atoms with Crippen molar-refractivity contribution in [1.29, 1.82) is 0 Å². The fourth-order valence-corrected chi connectivity index (χ4v) is 3.67. The summed E-state index contributed by atoms with van der Waals surface area (Å²) in [6.45, 7) is -0.0556. The minimum Gasteiger partial charge on any atom is -0.506 e. The summed E-state index contributed by atoms with van der Waals surface area (Å²) in [5, 5.41) is 29.3. The van der Waals surface area contributed by atoms with Crippen LogP contribution < -0.4 is 17.2 Å². The number of ketones is 1. The van der Waals surface area contributed by atoms with Crippen LogP contribution in [0.1, 0.15) is 33.8 Å². The minimum atomic E-state index is -1.26. The van der Waals surface area contributed by atoms with Gasteiger partial charge in [-0.2, -0.15) is 0 Å². The third-order valence-electron chi connectivity index (χ3n) is 5.32. The van der Waals surface area contributed by atoms with E-state index in [1.165, 1.54) is 24.5 Å². The number of pyridine rings is 2. The van der Waals surface area contributed by atoms with Crippen LogP contribution >= 0.6 is 35.6 Å². The number of halogens is 3. The third kappa shape index (κ3) is 11.9. The molecule has 0 bridgehead atoms. The van der Waals surface area contributed by atoms with E-state index in [4.69, 9.17) is 39.8 Å². The van der Waals surface area contributed by atoms with Gasteiger partial charge in [-0.3, -0.25) is 14.4 Å². The number of aromatic nitrogens is 2. The van der Waals surface area contributed by atoms with Crippen molar-refractivity contribution in [3.05, 3.63) is 94.5 Å². The highest BCUT2D eigenvalue weighted by Gasteiger charge is 2.15. The maximum absolute atomic E-state index is 11.8. The highest BCUT2D eigenvalue weighted by Crippen LogP contribution is 2.28. The molecule has 232 valence electrons. The molecule has 0 saturated heterocycles. The maximum atomic E-state index is 11.8. The van der Waals surface area contributed by atoms with Crippen LogP contribution in [0.15, 0.2) is 73.1 Å². The molecule has 0 aliphatic carbocycles. The number of Topliss-reactive ketones (excluding diaryl/α,β-unsaturated/α-hetero) is 1. The molecular formula is C29H28Cl3N5O7. The summed E-state index contributed by atoms with van der Waals surface area (Å²) in [5.41, 5.74) is 16.6. The molecule has 2 aromatic heterocycles. The summed E-state index contributed by atoms with van der Waals surface area (Å²) >= 11 is 11.7. The number of benzene rings is 2. The molecule has 0 atom stereocenters. The molecule has 15 heteroatoms. The Morgan fingerprint density at radius 3 is 1.45 bits per heavy atom. The molecule has 0 unspecified atom stereocenters. The molecule has 0 fully saturated rings. The fourth-order valence-electron chi connectivity index (χ4n) is 3.29. The van der Waals surface area contributed by atoms with Gasteiger partial charge in [0, 0.05) is 46.4 Å². The molecule has 0 spiro atoms. The number of rotatable bonds is 8. The van der Waals surface area contributed by atoms with E-state index in [0.29, 0.717) is 21.2 Å². The summed E-state index contributed by atoms with van der Waals surface area (Å²) in [6, 6.07) is 16.8. The van der Waals surface area contributed by atoms with E-state index >= 15 is 0 Å². The van der Waals surface area contributed by atoms with Crippen LogP contribution in [0.3, 0.4) is 0 Å². The van der Waals surface area contributed by atoms with Gasteiger partial charge in [-0.25, -0.2) is 14.8 Å². The van der Waals surface area contributed by atoms with E-state index in [1.807, 2.05) is 6.07 Å². The Labute approximate surface area is 267 Å². The number of nitrogens with two attached hydrogens (primary N) is 3. The molecule has 2 aromatic carbocycles. The predicted octanol–water partition coefficient (Wildman–Crippen LogP) is 4.21. The number of carboxylic acids is 1. The van der Waals surface area contributed by atoms with Gasteiger partial charge in [0.1, 0.15) is 17.2 Å². The van der Waals surface area contributed by atoms with E-state index in [1.54, 1.807) is 42.5 Å². The predicted molar refractivity (Wildman–Crippen MR) is 168 cm³/mol. The monoisotopic (exact) mass is 663 g/mol. The molecule has 0 radical (unpaired) electrons. The first-order chi connectivity index (χ1) is 20.3.